The van der Waals surface area contributed by atoms with Crippen LogP contribution in [0.3, 0.4) is 0 Å². The average Bonchev–Trinajstić information content (AvgIpc) is 2.66. The molecule has 0 radical (unpaired) electrons. The zero-order valence-corrected chi connectivity index (χ0v) is 18.9. The van der Waals surface area contributed by atoms with E-state index in [0.29, 0.717) is 13.3 Å². The number of carbonyl (C=O) groups is 1. The molecule has 0 aliphatic heterocycles. The Morgan fingerprint density at radius 3 is 1.37 bits per heavy atom. The maximum absolute atomic E-state index is 14.0. The molecule has 0 bridgehead atoms. The summed E-state index contributed by atoms with van der Waals surface area (Å²) < 4.78 is 75.8. The molecule has 1 aromatic rings. The van der Waals surface area contributed by atoms with Crippen LogP contribution < -0.4 is 0 Å². The van der Waals surface area contributed by atoms with E-state index in [9.17, 15) is 26.7 Å². The molecule has 0 fully saturated rings. The first kappa shape index (κ1) is 24.2. The maximum atomic E-state index is 14.0. The van der Waals surface area contributed by atoms with Gasteiger partial charge in [-0.15, -0.1) is 0 Å². The summed E-state index contributed by atoms with van der Waals surface area (Å²) in [4.78, 5) is 12.5. The van der Waals surface area contributed by atoms with E-state index in [1.54, 1.807) is 0 Å². The molecule has 27 heavy (non-hydrogen) atoms. The van der Waals surface area contributed by atoms with Gasteiger partial charge in [-0.3, -0.25) is 0 Å². The molecule has 8 heteroatoms. The van der Waals surface area contributed by atoms with E-state index in [4.69, 9.17) is 3.07 Å². The van der Waals surface area contributed by atoms with Crippen molar-refractivity contribution in [3.63, 3.8) is 0 Å². The van der Waals surface area contributed by atoms with Crippen LogP contribution in [0.5, 0.6) is 0 Å². The van der Waals surface area contributed by atoms with Gasteiger partial charge in [-0.05, 0) is 0 Å². The normalized spacial score (nSPS) is 11.7. The van der Waals surface area contributed by atoms with Crippen LogP contribution in [-0.4, -0.2) is 24.8 Å². The summed E-state index contributed by atoms with van der Waals surface area (Å²) in [5.74, 6) is -12.2. The topological polar surface area (TPSA) is 26.3 Å². The Bertz CT molecular complexity index is 601. The van der Waals surface area contributed by atoms with Crippen LogP contribution in [0.1, 0.15) is 69.7 Å². The fourth-order valence-electron chi connectivity index (χ4n) is 3.06. The molecule has 0 aliphatic carbocycles. The third-order valence-corrected chi connectivity index (χ3v) is 17.3. The molecular weight excluding hydrogens is 474 g/mol. The van der Waals surface area contributed by atoms with Crippen LogP contribution in [0.25, 0.3) is 0 Å². The van der Waals surface area contributed by atoms with E-state index in [0.717, 1.165) is 38.5 Å². The van der Waals surface area contributed by atoms with Crippen LogP contribution in [0, 0.1) is 29.1 Å². The van der Waals surface area contributed by atoms with Gasteiger partial charge in [0.05, 0.1) is 0 Å². The Morgan fingerprint density at radius 2 is 1.04 bits per heavy atom. The number of rotatable bonds is 11. The third-order valence-electron chi connectivity index (χ3n) is 4.68. The van der Waals surface area contributed by atoms with E-state index in [1.807, 2.05) is 20.8 Å². The first-order valence-electron chi connectivity index (χ1n) is 9.49. The quantitative estimate of drug-likeness (QED) is 0.143. The molecule has 0 spiro atoms. The van der Waals surface area contributed by atoms with Crippen molar-refractivity contribution in [3.8, 4) is 0 Å². The summed E-state index contributed by atoms with van der Waals surface area (Å²) in [6, 6.07) is 0. The number of halogens is 5. The van der Waals surface area contributed by atoms with E-state index in [2.05, 4.69) is 0 Å². The number of hydrogen-bond donors (Lipinski definition) is 0. The Hall–Kier alpha value is -0.861. The van der Waals surface area contributed by atoms with Crippen LogP contribution in [0.2, 0.25) is 13.3 Å². The molecule has 1 aromatic carbocycles. The molecule has 1 rings (SSSR count). The van der Waals surface area contributed by atoms with E-state index in [1.165, 1.54) is 0 Å². The molecule has 0 unspecified atom stereocenters. The molecule has 154 valence electrons. The summed E-state index contributed by atoms with van der Waals surface area (Å²) >= 11 is -3.61. The molecule has 0 N–H and O–H groups in total. The van der Waals surface area contributed by atoms with Crippen LogP contribution in [-0.2, 0) is 3.07 Å². The summed E-state index contributed by atoms with van der Waals surface area (Å²) in [6.07, 6.45) is 5.06. The fourth-order valence-corrected chi connectivity index (χ4v) is 16.0. The predicted molar refractivity (Wildman–Crippen MR) is 96.5 cm³/mol. The molecule has 0 aliphatic rings. The zero-order valence-electron chi connectivity index (χ0n) is 16.1. The van der Waals surface area contributed by atoms with Crippen molar-refractivity contribution in [1.29, 1.82) is 0 Å². The molecule has 0 heterocycles. The van der Waals surface area contributed by atoms with E-state index >= 15 is 0 Å². The Balaban J connectivity index is 3.29. The molecular formula is C19H27F5O2Sn. The number of unbranched alkanes of at least 4 members (excludes halogenated alkanes) is 3. The van der Waals surface area contributed by atoms with Gasteiger partial charge < -0.3 is 0 Å². The second-order valence-corrected chi connectivity index (χ2v) is 18.4. The second-order valence-electron chi connectivity index (χ2n) is 6.83. The number of hydrogen-bond acceptors (Lipinski definition) is 2. The van der Waals surface area contributed by atoms with Gasteiger partial charge in [0, 0.05) is 0 Å². The summed E-state index contributed by atoms with van der Waals surface area (Å²) in [7, 11) is 0. The number of carbonyl (C=O) groups excluding carboxylic acids is 1. The molecule has 0 atom stereocenters. The van der Waals surface area contributed by atoms with Crippen molar-refractivity contribution < 1.29 is 29.8 Å². The molecule has 0 saturated heterocycles. The Morgan fingerprint density at radius 1 is 0.704 bits per heavy atom. The van der Waals surface area contributed by atoms with Gasteiger partial charge >= 0.3 is 162 Å². The van der Waals surface area contributed by atoms with Crippen molar-refractivity contribution in [2.45, 2.75) is 72.6 Å². The molecule has 0 saturated carbocycles. The summed E-state index contributed by atoms with van der Waals surface area (Å²) in [6.45, 7) is 5.96. The van der Waals surface area contributed by atoms with Gasteiger partial charge in [-0.1, -0.05) is 0 Å². The summed E-state index contributed by atoms with van der Waals surface area (Å²) in [5.41, 5.74) is -1.48. The first-order chi connectivity index (χ1) is 12.7. The second kappa shape index (κ2) is 11.2. The molecule has 0 aromatic heterocycles. The van der Waals surface area contributed by atoms with Crippen molar-refractivity contribution in [2.75, 3.05) is 0 Å². The standard InChI is InChI=1S/C7HF5O2.3C4H9.Sn/c8-2-1(7(13)14)3(9)5(11)6(12)4(2)10;3*1-3-4-2;/h(H,13,14);3*1,3-4H2,2H3;/q;;;;+1/p-1. The molecule has 2 nitrogen and oxygen atoms in total. The summed E-state index contributed by atoms with van der Waals surface area (Å²) in [5, 5.41) is 0. The third kappa shape index (κ3) is 6.06. The van der Waals surface area contributed by atoms with E-state index in [-0.39, 0.29) is 0 Å². The van der Waals surface area contributed by atoms with Gasteiger partial charge in [0.15, 0.2) is 0 Å². The van der Waals surface area contributed by atoms with Crippen LogP contribution in [0.4, 0.5) is 22.0 Å². The minimum atomic E-state index is -3.61. The van der Waals surface area contributed by atoms with Gasteiger partial charge in [0.2, 0.25) is 0 Å². The van der Waals surface area contributed by atoms with Gasteiger partial charge in [-0.25, -0.2) is 0 Å². The first-order valence-corrected chi connectivity index (χ1v) is 16.7. The van der Waals surface area contributed by atoms with E-state index < -0.39 is 59.4 Å². The van der Waals surface area contributed by atoms with Gasteiger partial charge in [-0.2, -0.15) is 0 Å². The van der Waals surface area contributed by atoms with Crippen LogP contribution >= 0.6 is 0 Å². The van der Waals surface area contributed by atoms with Gasteiger partial charge in [0.1, 0.15) is 0 Å². The van der Waals surface area contributed by atoms with Crippen molar-refractivity contribution in [3.05, 3.63) is 34.6 Å². The van der Waals surface area contributed by atoms with Crippen molar-refractivity contribution in [2.24, 2.45) is 0 Å². The predicted octanol–water partition coefficient (Wildman–Crippen LogP) is 6.88. The minimum absolute atomic E-state index is 0.687. The Labute approximate surface area is 161 Å². The Kier molecular flexibility index (Phi) is 10.0. The van der Waals surface area contributed by atoms with Gasteiger partial charge in [0.25, 0.3) is 0 Å². The monoisotopic (exact) mass is 502 g/mol. The zero-order chi connectivity index (χ0) is 20.6. The van der Waals surface area contributed by atoms with Crippen LogP contribution in [0.15, 0.2) is 0 Å². The molecule has 0 amide bonds. The van der Waals surface area contributed by atoms with Crippen molar-refractivity contribution >= 4 is 24.8 Å². The average molecular weight is 501 g/mol. The fraction of sp³-hybridized carbons (Fsp3) is 0.632. The SMILES string of the molecule is CCC[CH2][Sn]([CH2]CCC)([CH2]CCC)[O]C(=O)c1c(F)c(F)c(F)c(F)c1F. The van der Waals surface area contributed by atoms with Crippen molar-refractivity contribution in [1.82, 2.24) is 0 Å². The number of benzene rings is 1.